The lowest BCUT2D eigenvalue weighted by molar-refractivity contribution is 0.0948. The van der Waals surface area contributed by atoms with Gasteiger partial charge in [-0.2, -0.15) is 0 Å². The van der Waals surface area contributed by atoms with Crippen LogP contribution in [-0.4, -0.2) is 29.5 Å². The number of aromatic nitrogens is 1. The summed E-state index contributed by atoms with van der Waals surface area (Å²) in [5, 5.41) is 5.28. The topological polar surface area (TPSA) is 80.2 Å². The lowest BCUT2D eigenvalue weighted by atomic mass is 10.1. The molecular formula is C19H20FN3O3. The number of amides is 2. The van der Waals surface area contributed by atoms with E-state index in [0.29, 0.717) is 11.5 Å². The number of carbonyl (C=O) groups excluding carboxylic acids is 2. The van der Waals surface area contributed by atoms with Gasteiger partial charge in [-0.3, -0.25) is 14.4 Å². The van der Waals surface area contributed by atoms with Crippen molar-refractivity contribution >= 4 is 11.8 Å². The first-order chi connectivity index (χ1) is 12.4. The number of rotatable bonds is 5. The standard InChI is InChI=1S/C19H20FN3O3/c1-11-6-16(11)22-17(24)13-8-15(18(25)21-2)19(26)23(10-13)9-12-4-3-5-14(20)7-12/h3-5,7-8,10-11,16H,6,9H2,1-2H3,(H,21,25)(H,22,24)/t11-,16?/m1/s1. The number of benzene rings is 1. The number of nitrogens with one attached hydrogen (secondary N) is 2. The predicted octanol–water partition coefficient (Wildman–Crippen LogP) is 1.53. The highest BCUT2D eigenvalue weighted by molar-refractivity contribution is 5.99. The molecule has 1 aromatic heterocycles. The number of hydrogen-bond acceptors (Lipinski definition) is 3. The molecule has 0 bridgehead atoms. The Kier molecular flexibility index (Phi) is 4.88. The van der Waals surface area contributed by atoms with Gasteiger partial charge in [-0.1, -0.05) is 19.1 Å². The van der Waals surface area contributed by atoms with E-state index in [-0.39, 0.29) is 29.6 Å². The third-order valence-electron chi connectivity index (χ3n) is 4.49. The number of halogens is 1. The Morgan fingerprint density at radius 3 is 2.62 bits per heavy atom. The van der Waals surface area contributed by atoms with Crippen molar-refractivity contribution < 1.29 is 14.0 Å². The minimum absolute atomic E-state index is 0.0571. The summed E-state index contributed by atoms with van der Waals surface area (Å²) < 4.78 is 14.7. The average Bonchev–Trinajstić information content (AvgIpc) is 3.30. The summed E-state index contributed by atoms with van der Waals surface area (Å²) in [5.74, 6) is -0.899. The highest BCUT2D eigenvalue weighted by Gasteiger charge is 2.34. The van der Waals surface area contributed by atoms with Crippen LogP contribution in [-0.2, 0) is 6.54 Å². The van der Waals surface area contributed by atoms with Crippen molar-refractivity contribution in [2.24, 2.45) is 5.92 Å². The van der Waals surface area contributed by atoms with Crippen LogP contribution < -0.4 is 16.2 Å². The molecule has 1 heterocycles. The first-order valence-electron chi connectivity index (χ1n) is 8.41. The molecule has 7 heteroatoms. The maximum atomic E-state index is 13.4. The number of carbonyl (C=O) groups is 2. The van der Waals surface area contributed by atoms with Gasteiger partial charge < -0.3 is 15.2 Å². The first-order valence-corrected chi connectivity index (χ1v) is 8.41. The zero-order valence-electron chi connectivity index (χ0n) is 14.6. The smallest absolute Gasteiger partial charge is 0.263 e. The van der Waals surface area contributed by atoms with Crippen molar-refractivity contribution in [1.29, 1.82) is 0 Å². The Balaban J connectivity index is 1.98. The zero-order valence-corrected chi connectivity index (χ0v) is 14.6. The van der Waals surface area contributed by atoms with Crippen LogP contribution in [0.5, 0.6) is 0 Å². The molecule has 3 rings (SSSR count). The van der Waals surface area contributed by atoms with Crippen LogP contribution in [0.2, 0.25) is 0 Å². The molecule has 0 radical (unpaired) electrons. The van der Waals surface area contributed by atoms with Gasteiger partial charge in [0, 0.05) is 19.3 Å². The van der Waals surface area contributed by atoms with Crippen molar-refractivity contribution in [2.45, 2.75) is 25.9 Å². The van der Waals surface area contributed by atoms with Crippen molar-refractivity contribution in [3.63, 3.8) is 0 Å². The molecule has 1 aliphatic carbocycles. The first kappa shape index (κ1) is 17.8. The van der Waals surface area contributed by atoms with Gasteiger partial charge in [0.25, 0.3) is 17.4 Å². The highest BCUT2D eigenvalue weighted by Crippen LogP contribution is 2.29. The number of hydrogen-bond donors (Lipinski definition) is 2. The molecule has 1 unspecified atom stereocenters. The lowest BCUT2D eigenvalue weighted by Gasteiger charge is -2.12. The van der Waals surface area contributed by atoms with E-state index in [1.165, 1.54) is 36.0 Å². The molecule has 1 aromatic carbocycles. The molecule has 2 N–H and O–H groups in total. The van der Waals surface area contributed by atoms with Crippen LogP contribution in [0.1, 0.15) is 39.6 Å². The van der Waals surface area contributed by atoms with Crippen molar-refractivity contribution in [2.75, 3.05) is 7.05 Å². The normalized spacial score (nSPS) is 18.3. The molecule has 1 saturated carbocycles. The largest absolute Gasteiger partial charge is 0.355 e. The van der Waals surface area contributed by atoms with Gasteiger partial charge in [-0.15, -0.1) is 0 Å². The summed E-state index contributed by atoms with van der Waals surface area (Å²) in [6.45, 7) is 2.09. The van der Waals surface area contributed by atoms with Gasteiger partial charge in [-0.05, 0) is 36.1 Å². The molecule has 0 saturated heterocycles. The fraction of sp³-hybridized carbons (Fsp3) is 0.316. The quantitative estimate of drug-likeness (QED) is 0.852. The summed E-state index contributed by atoms with van der Waals surface area (Å²) in [7, 11) is 1.41. The Labute approximate surface area is 150 Å². The van der Waals surface area contributed by atoms with Crippen LogP contribution in [0.25, 0.3) is 0 Å². The Hall–Kier alpha value is -2.96. The summed E-state index contributed by atoms with van der Waals surface area (Å²) >= 11 is 0. The van der Waals surface area contributed by atoms with Crippen molar-refractivity contribution in [3.05, 3.63) is 69.4 Å². The maximum absolute atomic E-state index is 13.4. The van der Waals surface area contributed by atoms with E-state index in [2.05, 4.69) is 10.6 Å². The molecule has 1 fully saturated rings. The van der Waals surface area contributed by atoms with Gasteiger partial charge in [0.1, 0.15) is 11.4 Å². The predicted molar refractivity (Wildman–Crippen MR) is 94.6 cm³/mol. The summed E-state index contributed by atoms with van der Waals surface area (Å²) in [6, 6.07) is 7.25. The Bertz CT molecular complexity index is 922. The van der Waals surface area contributed by atoms with Crippen LogP contribution in [0.4, 0.5) is 4.39 Å². The van der Waals surface area contributed by atoms with Crippen LogP contribution >= 0.6 is 0 Å². The van der Waals surface area contributed by atoms with Gasteiger partial charge >= 0.3 is 0 Å². The van der Waals surface area contributed by atoms with E-state index in [4.69, 9.17) is 0 Å². The van der Waals surface area contributed by atoms with Gasteiger partial charge in [0.15, 0.2) is 0 Å². The second-order valence-corrected chi connectivity index (χ2v) is 6.58. The fourth-order valence-electron chi connectivity index (χ4n) is 2.78. The summed E-state index contributed by atoms with van der Waals surface area (Å²) in [5.41, 5.74) is 0.118. The molecular weight excluding hydrogens is 337 g/mol. The third-order valence-corrected chi connectivity index (χ3v) is 4.49. The molecule has 136 valence electrons. The minimum atomic E-state index is -0.572. The third kappa shape index (κ3) is 3.82. The highest BCUT2D eigenvalue weighted by atomic mass is 19.1. The molecule has 2 aromatic rings. The molecule has 2 atom stereocenters. The molecule has 0 spiro atoms. The van der Waals surface area contributed by atoms with E-state index in [1.54, 1.807) is 12.1 Å². The summed E-state index contributed by atoms with van der Waals surface area (Å²) in [6.07, 6.45) is 2.32. The van der Waals surface area contributed by atoms with Gasteiger partial charge in [-0.25, -0.2) is 4.39 Å². The van der Waals surface area contributed by atoms with E-state index in [1.807, 2.05) is 6.92 Å². The molecule has 6 nitrogen and oxygen atoms in total. The second kappa shape index (κ2) is 7.11. The molecule has 0 aliphatic heterocycles. The monoisotopic (exact) mass is 357 g/mol. The minimum Gasteiger partial charge on any atom is -0.355 e. The van der Waals surface area contributed by atoms with Crippen LogP contribution in [0, 0.1) is 11.7 Å². The van der Waals surface area contributed by atoms with Gasteiger partial charge in [0.05, 0.1) is 12.1 Å². The van der Waals surface area contributed by atoms with E-state index in [9.17, 15) is 18.8 Å². The van der Waals surface area contributed by atoms with Crippen molar-refractivity contribution in [3.8, 4) is 0 Å². The number of pyridine rings is 1. The van der Waals surface area contributed by atoms with Gasteiger partial charge in [0.2, 0.25) is 0 Å². The fourth-order valence-corrected chi connectivity index (χ4v) is 2.78. The Morgan fingerprint density at radius 1 is 1.27 bits per heavy atom. The van der Waals surface area contributed by atoms with E-state index in [0.717, 1.165) is 6.42 Å². The average molecular weight is 357 g/mol. The zero-order chi connectivity index (χ0) is 18.8. The maximum Gasteiger partial charge on any atom is 0.263 e. The van der Waals surface area contributed by atoms with Crippen LogP contribution in [0.15, 0.2) is 41.3 Å². The molecule has 2 amide bonds. The Morgan fingerprint density at radius 2 is 2.00 bits per heavy atom. The lowest BCUT2D eigenvalue weighted by Crippen LogP contribution is -2.34. The van der Waals surface area contributed by atoms with Crippen molar-refractivity contribution in [1.82, 2.24) is 15.2 Å². The SMILES string of the molecule is CNC(=O)c1cc(C(=O)NC2C[C@H]2C)cn(Cc2cccc(F)c2)c1=O. The van der Waals surface area contributed by atoms with E-state index < -0.39 is 17.3 Å². The molecule has 1 aliphatic rings. The van der Waals surface area contributed by atoms with Crippen LogP contribution in [0.3, 0.4) is 0 Å². The number of nitrogens with zero attached hydrogens (tertiary/aromatic N) is 1. The second-order valence-electron chi connectivity index (χ2n) is 6.58. The molecule has 26 heavy (non-hydrogen) atoms. The van der Waals surface area contributed by atoms with E-state index >= 15 is 0 Å². The summed E-state index contributed by atoms with van der Waals surface area (Å²) in [4.78, 5) is 37.1.